The molecule has 0 aliphatic rings. The van der Waals surface area contributed by atoms with Gasteiger partial charge in [-0.1, -0.05) is 12.1 Å². The number of halogens is 3. The standard InChI is InChI=1S/C13H10F3NO2/c1-2-19-12(18)10(8-17)6-9-4-3-5-11(7-9)13(14,15)16/h3-7H,2H2,1H3/b10-6+. The van der Waals surface area contributed by atoms with E-state index in [1.807, 2.05) is 0 Å². The number of hydrogen-bond acceptors (Lipinski definition) is 3. The van der Waals surface area contributed by atoms with Gasteiger partial charge >= 0.3 is 12.1 Å². The molecule has 1 aromatic carbocycles. The van der Waals surface area contributed by atoms with Crippen molar-refractivity contribution in [2.45, 2.75) is 13.1 Å². The van der Waals surface area contributed by atoms with Crippen LogP contribution >= 0.6 is 0 Å². The molecule has 100 valence electrons. The van der Waals surface area contributed by atoms with Crippen LogP contribution in [0.2, 0.25) is 0 Å². The molecule has 0 aromatic heterocycles. The Morgan fingerprint density at radius 2 is 2.16 bits per heavy atom. The van der Waals surface area contributed by atoms with Crippen LogP contribution in [0.25, 0.3) is 6.08 Å². The summed E-state index contributed by atoms with van der Waals surface area (Å²) in [6.45, 7) is 1.65. The zero-order chi connectivity index (χ0) is 14.5. The van der Waals surface area contributed by atoms with E-state index in [4.69, 9.17) is 5.26 Å². The summed E-state index contributed by atoms with van der Waals surface area (Å²) in [4.78, 5) is 11.3. The fourth-order valence-corrected chi connectivity index (χ4v) is 1.32. The lowest BCUT2D eigenvalue weighted by Crippen LogP contribution is -2.07. The zero-order valence-electron chi connectivity index (χ0n) is 9.99. The van der Waals surface area contributed by atoms with Gasteiger partial charge in [0.05, 0.1) is 12.2 Å². The highest BCUT2D eigenvalue weighted by Crippen LogP contribution is 2.29. The van der Waals surface area contributed by atoms with Gasteiger partial charge in [-0.05, 0) is 30.7 Å². The highest BCUT2D eigenvalue weighted by Gasteiger charge is 2.30. The fraction of sp³-hybridized carbons (Fsp3) is 0.231. The van der Waals surface area contributed by atoms with Gasteiger partial charge in [0.2, 0.25) is 0 Å². The van der Waals surface area contributed by atoms with Crippen LogP contribution < -0.4 is 0 Å². The summed E-state index contributed by atoms with van der Waals surface area (Å²) >= 11 is 0. The molecule has 3 nitrogen and oxygen atoms in total. The van der Waals surface area contributed by atoms with Crippen molar-refractivity contribution >= 4 is 12.0 Å². The van der Waals surface area contributed by atoms with E-state index in [1.54, 1.807) is 13.0 Å². The predicted octanol–water partition coefficient (Wildman–Crippen LogP) is 3.18. The van der Waals surface area contributed by atoms with Crippen LogP contribution in [0.4, 0.5) is 13.2 Å². The first kappa shape index (κ1) is 14.8. The van der Waals surface area contributed by atoms with E-state index in [-0.39, 0.29) is 17.7 Å². The van der Waals surface area contributed by atoms with Crippen LogP contribution in [-0.2, 0) is 15.7 Å². The summed E-state index contributed by atoms with van der Waals surface area (Å²) in [6.07, 6.45) is -3.41. The van der Waals surface area contributed by atoms with Gasteiger partial charge in [0.25, 0.3) is 0 Å². The number of benzene rings is 1. The lowest BCUT2D eigenvalue weighted by Gasteiger charge is -2.07. The van der Waals surface area contributed by atoms with Gasteiger partial charge in [-0.25, -0.2) is 4.79 Å². The Morgan fingerprint density at radius 1 is 1.47 bits per heavy atom. The molecule has 0 fully saturated rings. The molecule has 0 radical (unpaired) electrons. The van der Waals surface area contributed by atoms with Crippen LogP contribution in [0.15, 0.2) is 29.8 Å². The van der Waals surface area contributed by atoms with E-state index in [0.717, 1.165) is 18.2 Å². The van der Waals surface area contributed by atoms with Crippen molar-refractivity contribution in [3.05, 3.63) is 41.0 Å². The molecule has 0 bridgehead atoms. The normalized spacial score (nSPS) is 11.8. The third-order valence-electron chi connectivity index (χ3n) is 2.14. The molecule has 1 aromatic rings. The first-order chi connectivity index (χ1) is 8.88. The first-order valence-corrected chi connectivity index (χ1v) is 5.34. The molecule has 0 N–H and O–H groups in total. The van der Waals surface area contributed by atoms with Crippen molar-refractivity contribution in [1.82, 2.24) is 0 Å². The fourth-order valence-electron chi connectivity index (χ4n) is 1.32. The molecule has 0 saturated carbocycles. The maximum atomic E-state index is 12.5. The SMILES string of the molecule is CCOC(=O)/C(C#N)=C/c1cccc(C(F)(F)F)c1. The van der Waals surface area contributed by atoms with Gasteiger partial charge in [-0.3, -0.25) is 0 Å². The van der Waals surface area contributed by atoms with Gasteiger partial charge in [0.1, 0.15) is 11.6 Å². The summed E-state index contributed by atoms with van der Waals surface area (Å²) in [5.41, 5.74) is -1.08. The van der Waals surface area contributed by atoms with Crippen molar-refractivity contribution in [1.29, 1.82) is 5.26 Å². The number of ether oxygens (including phenoxy) is 1. The number of rotatable bonds is 3. The lowest BCUT2D eigenvalue weighted by molar-refractivity contribution is -0.138. The predicted molar refractivity (Wildman–Crippen MR) is 61.7 cm³/mol. The van der Waals surface area contributed by atoms with E-state index < -0.39 is 17.7 Å². The van der Waals surface area contributed by atoms with Crippen LogP contribution in [0.5, 0.6) is 0 Å². The second-order valence-corrected chi connectivity index (χ2v) is 3.51. The van der Waals surface area contributed by atoms with E-state index >= 15 is 0 Å². The number of esters is 1. The van der Waals surface area contributed by atoms with Crippen molar-refractivity contribution in [2.24, 2.45) is 0 Å². The van der Waals surface area contributed by atoms with Gasteiger partial charge < -0.3 is 4.74 Å². The zero-order valence-corrected chi connectivity index (χ0v) is 9.99. The Balaban J connectivity index is 3.10. The quantitative estimate of drug-likeness (QED) is 0.481. The van der Waals surface area contributed by atoms with Crippen LogP contribution in [-0.4, -0.2) is 12.6 Å². The average molecular weight is 269 g/mol. The maximum absolute atomic E-state index is 12.5. The molecule has 0 atom stereocenters. The van der Waals surface area contributed by atoms with Gasteiger partial charge in [-0.15, -0.1) is 0 Å². The molecular formula is C13H10F3NO2. The lowest BCUT2D eigenvalue weighted by atomic mass is 10.1. The number of hydrogen-bond donors (Lipinski definition) is 0. The van der Waals surface area contributed by atoms with Crippen LogP contribution in [0, 0.1) is 11.3 Å². The molecule has 6 heteroatoms. The Morgan fingerprint density at radius 3 is 2.68 bits per heavy atom. The van der Waals surface area contributed by atoms with Crippen molar-refractivity contribution < 1.29 is 22.7 Å². The Hall–Kier alpha value is -2.29. The molecule has 0 aliphatic carbocycles. The van der Waals surface area contributed by atoms with Crippen molar-refractivity contribution in [3.63, 3.8) is 0 Å². The van der Waals surface area contributed by atoms with E-state index in [0.29, 0.717) is 0 Å². The monoisotopic (exact) mass is 269 g/mol. The highest BCUT2D eigenvalue weighted by atomic mass is 19.4. The Kier molecular flexibility index (Phi) is 4.70. The molecule has 1 rings (SSSR count). The van der Waals surface area contributed by atoms with E-state index in [9.17, 15) is 18.0 Å². The van der Waals surface area contributed by atoms with Gasteiger partial charge in [-0.2, -0.15) is 18.4 Å². The topological polar surface area (TPSA) is 50.1 Å². The third-order valence-corrected chi connectivity index (χ3v) is 2.14. The summed E-state index contributed by atoms with van der Waals surface area (Å²) in [7, 11) is 0. The number of nitriles is 1. The smallest absolute Gasteiger partial charge is 0.416 e. The largest absolute Gasteiger partial charge is 0.462 e. The minimum atomic E-state index is -4.47. The van der Waals surface area contributed by atoms with Gasteiger partial charge in [0.15, 0.2) is 0 Å². The highest BCUT2D eigenvalue weighted by molar-refractivity contribution is 5.97. The van der Waals surface area contributed by atoms with Crippen molar-refractivity contribution in [2.75, 3.05) is 6.61 Å². The molecule has 0 amide bonds. The number of carbonyl (C=O) groups excluding carboxylic acids is 1. The molecule has 0 spiro atoms. The number of nitrogens with zero attached hydrogens (tertiary/aromatic N) is 1. The van der Waals surface area contributed by atoms with E-state index in [2.05, 4.69) is 4.74 Å². The third kappa shape index (κ3) is 4.14. The molecule has 0 heterocycles. The number of carbonyl (C=O) groups is 1. The molecule has 0 unspecified atom stereocenters. The summed E-state index contributed by atoms with van der Waals surface area (Å²) in [6, 6.07) is 5.94. The molecule has 0 aliphatic heterocycles. The maximum Gasteiger partial charge on any atom is 0.416 e. The second-order valence-electron chi connectivity index (χ2n) is 3.51. The Labute approximate surface area is 107 Å². The molecular weight excluding hydrogens is 259 g/mol. The minimum Gasteiger partial charge on any atom is -0.462 e. The second kappa shape index (κ2) is 6.05. The van der Waals surface area contributed by atoms with Crippen LogP contribution in [0.1, 0.15) is 18.1 Å². The molecule has 0 saturated heterocycles. The minimum absolute atomic E-state index is 0.0838. The van der Waals surface area contributed by atoms with Crippen molar-refractivity contribution in [3.8, 4) is 6.07 Å². The summed E-state index contributed by atoms with van der Waals surface area (Å²) in [5.74, 6) is -0.859. The average Bonchev–Trinajstić information content (AvgIpc) is 2.35. The Bertz CT molecular complexity index is 542. The molecule has 19 heavy (non-hydrogen) atoms. The van der Waals surface area contributed by atoms with Crippen LogP contribution in [0.3, 0.4) is 0 Å². The summed E-state index contributed by atoms with van der Waals surface area (Å²) < 4.78 is 42.1. The first-order valence-electron chi connectivity index (χ1n) is 5.34. The van der Waals surface area contributed by atoms with Gasteiger partial charge in [0, 0.05) is 0 Å². The number of alkyl halides is 3. The van der Waals surface area contributed by atoms with E-state index in [1.165, 1.54) is 12.1 Å². The summed E-state index contributed by atoms with van der Waals surface area (Å²) in [5, 5.41) is 8.77.